The van der Waals surface area contributed by atoms with Crippen LogP contribution in [0.4, 0.5) is 5.69 Å². The van der Waals surface area contributed by atoms with Gasteiger partial charge in [0.25, 0.3) is 5.91 Å². The van der Waals surface area contributed by atoms with E-state index in [0.29, 0.717) is 0 Å². The molecule has 1 aromatic carbocycles. The Morgan fingerprint density at radius 3 is 2.75 bits per heavy atom. The summed E-state index contributed by atoms with van der Waals surface area (Å²) in [4.78, 5) is 25.9. The third-order valence-corrected chi connectivity index (χ3v) is 5.88. The quantitative estimate of drug-likeness (QED) is 0.668. The van der Waals surface area contributed by atoms with Gasteiger partial charge in [0.15, 0.2) is 0 Å². The lowest BCUT2D eigenvalue weighted by Gasteiger charge is -2.22. The molecule has 4 rings (SSSR count). The summed E-state index contributed by atoms with van der Waals surface area (Å²) in [6.07, 6.45) is 0.907. The molecule has 1 aliphatic heterocycles. The van der Waals surface area contributed by atoms with Crippen molar-refractivity contribution in [3.63, 3.8) is 0 Å². The van der Waals surface area contributed by atoms with Gasteiger partial charge in [-0.25, -0.2) is 9.97 Å². The number of amides is 1. The van der Waals surface area contributed by atoms with E-state index in [0.717, 1.165) is 44.3 Å². The summed E-state index contributed by atoms with van der Waals surface area (Å²) in [5, 5.41) is 1.02. The van der Waals surface area contributed by atoms with Gasteiger partial charge < -0.3 is 4.90 Å². The second-order valence-corrected chi connectivity index (χ2v) is 7.45. The molecule has 1 amide bonds. The molecule has 24 heavy (non-hydrogen) atoms. The van der Waals surface area contributed by atoms with Crippen molar-refractivity contribution in [2.45, 2.75) is 40.2 Å². The topological polar surface area (TPSA) is 46.1 Å². The number of carbonyl (C=O) groups is 1. The van der Waals surface area contributed by atoms with Crippen molar-refractivity contribution in [3.8, 4) is 0 Å². The van der Waals surface area contributed by atoms with Gasteiger partial charge in [-0.1, -0.05) is 18.2 Å². The molecule has 0 aliphatic carbocycles. The van der Waals surface area contributed by atoms with E-state index < -0.39 is 0 Å². The first kappa shape index (κ1) is 15.3. The highest BCUT2D eigenvalue weighted by Gasteiger charge is 2.33. The van der Waals surface area contributed by atoms with Crippen molar-refractivity contribution < 1.29 is 4.79 Å². The highest BCUT2D eigenvalue weighted by molar-refractivity contribution is 7.20. The molecular weight excluding hydrogens is 318 g/mol. The van der Waals surface area contributed by atoms with Gasteiger partial charge in [-0.2, -0.15) is 0 Å². The van der Waals surface area contributed by atoms with E-state index in [2.05, 4.69) is 23.0 Å². The van der Waals surface area contributed by atoms with Crippen LogP contribution in [0.25, 0.3) is 10.2 Å². The minimum atomic E-state index is 0.0741. The summed E-state index contributed by atoms with van der Waals surface area (Å²) >= 11 is 1.48. The van der Waals surface area contributed by atoms with Crippen LogP contribution in [-0.4, -0.2) is 21.9 Å². The van der Waals surface area contributed by atoms with Gasteiger partial charge in [-0.3, -0.25) is 4.79 Å². The number of aromatic nitrogens is 2. The fraction of sp³-hybridized carbons (Fsp3) is 0.316. The van der Waals surface area contributed by atoms with Gasteiger partial charge in [0.05, 0.1) is 4.88 Å². The van der Waals surface area contributed by atoms with E-state index in [4.69, 9.17) is 0 Å². The number of para-hydroxylation sites is 1. The van der Waals surface area contributed by atoms with Crippen molar-refractivity contribution in [3.05, 3.63) is 51.8 Å². The number of benzene rings is 1. The molecule has 5 heteroatoms. The van der Waals surface area contributed by atoms with Gasteiger partial charge in [0.1, 0.15) is 10.7 Å². The molecule has 1 aliphatic rings. The number of hydrogen-bond donors (Lipinski definition) is 0. The number of nitrogens with zero attached hydrogens (tertiary/aromatic N) is 3. The van der Waals surface area contributed by atoms with Crippen molar-refractivity contribution in [1.29, 1.82) is 0 Å². The van der Waals surface area contributed by atoms with Gasteiger partial charge >= 0.3 is 0 Å². The van der Waals surface area contributed by atoms with Crippen LogP contribution < -0.4 is 4.90 Å². The third kappa shape index (κ3) is 2.15. The summed E-state index contributed by atoms with van der Waals surface area (Å²) in [5.74, 6) is 0.824. The number of anilines is 1. The lowest BCUT2D eigenvalue weighted by atomic mass is 10.1. The van der Waals surface area contributed by atoms with Crippen molar-refractivity contribution >= 4 is 33.1 Å². The predicted molar refractivity (Wildman–Crippen MR) is 98.0 cm³/mol. The predicted octanol–water partition coefficient (Wildman–Crippen LogP) is 4.21. The van der Waals surface area contributed by atoms with Crippen LogP contribution in [0.1, 0.15) is 39.2 Å². The zero-order valence-corrected chi connectivity index (χ0v) is 15.1. The molecule has 0 bridgehead atoms. The summed E-state index contributed by atoms with van der Waals surface area (Å²) in [6, 6.07) is 8.35. The van der Waals surface area contributed by atoms with Crippen LogP contribution >= 0.6 is 11.3 Å². The second kappa shape index (κ2) is 5.38. The Balaban J connectivity index is 1.85. The van der Waals surface area contributed by atoms with E-state index in [9.17, 15) is 4.79 Å². The number of aryl methyl sites for hydroxylation is 3. The minimum Gasteiger partial charge on any atom is -0.304 e. The van der Waals surface area contributed by atoms with Crippen LogP contribution in [0.5, 0.6) is 0 Å². The van der Waals surface area contributed by atoms with Gasteiger partial charge in [-0.05, 0) is 51.3 Å². The first-order valence-electron chi connectivity index (χ1n) is 8.13. The lowest BCUT2D eigenvalue weighted by Crippen LogP contribution is -2.35. The Kier molecular flexibility index (Phi) is 3.42. The van der Waals surface area contributed by atoms with Gasteiger partial charge in [0.2, 0.25) is 0 Å². The monoisotopic (exact) mass is 337 g/mol. The molecular formula is C19H19N3OS. The fourth-order valence-electron chi connectivity index (χ4n) is 3.66. The molecule has 0 radical (unpaired) electrons. The molecule has 1 atom stereocenters. The molecule has 0 fully saturated rings. The maximum absolute atomic E-state index is 13.3. The molecule has 0 spiro atoms. The van der Waals surface area contributed by atoms with E-state index in [1.165, 1.54) is 16.9 Å². The molecule has 0 saturated carbocycles. The van der Waals surface area contributed by atoms with E-state index in [-0.39, 0.29) is 11.9 Å². The number of fused-ring (bicyclic) bond motifs is 2. The molecule has 4 nitrogen and oxygen atoms in total. The van der Waals surface area contributed by atoms with Gasteiger partial charge in [-0.15, -0.1) is 11.3 Å². The van der Waals surface area contributed by atoms with Crippen molar-refractivity contribution in [1.82, 2.24) is 9.97 Å². The Morgan fingerprint density at radius 1 is 1.21 bits per heavy atom. The number of rotatable bonds is 1. The van der Waals surface area contributed by atoms with Crippen molar-refractivity contribution in [2.24, 2.45) is 0 Å². The van der Waals surface area contributed by atoms with E-state index in [1.54, 1.807) is 0 Å². The van der Waals surface area contributed by atoms with Gasteiger partial charge in [0, 0.05) is 22.8 Å². The highest BCUT2D eigenvalue weighted by Crippen LogP contribution is 2.37. The van der Waals surface area contributed by atoms with Crippen LogP contribution in [-0.2, 0) is 6.42 Å². The maximum atomic E-state index is 13.3. The molecule has 2 aromatic heterocycles. The average molecular weight is 337 g/mol. The lowest BCUT2D eigenvalue weighted by molar-refractivity contribution is 0.0985. The Morgan fingerprint density at radius 2 is 1.96 bits per heavy atom. The summed E-state index contributed by atoms with van der Waals surface area (Å²) < 4.78 is 0. The summed E-state index contributed by atoms with van der Waals surface area (Å²) in [5.41, 5.74) is 4.21. The zero-order valence-electron chi connectivity index (χ0n) is 14.3. The Labute approximate surface area is 145 Å². The fourth-order valence-corrected chi connectivity index (χ4v) is 4.88. The number of hydrogen-bond acceptors (Lipinski definition) is 4. The molecule has 0 saturated heterocycles. The van der Waals surface area contributed by atoms with Crippen LogP contribution in [0.3, 0.4) is 0 Å². The molecule has 0 N–H and O–H groups in total. The number of carbonyl (C=O) groups excluding carboxylic acids is 1. The summed E-state index contributed by atoms with van der Waals surface area (Å²) in [6.45, 7) is 7.99. The molecule has 3 heterocycles. The van der Waals surface area contributed by atoms with Crippen molar-refractivity contribution in [2.75, 3.05) is 4.90 Å². The van der Waals surface area contributed by atoms with Crippen LogP contribution in [0.15, 0.2) is 24.3 Å². The minimum absolute atomic E-state index is 0.0741. The first-order chi connectivity index (χ1) is 11.5. The SMILES string of the molecule is Cc1nc(C)c2c(C)c(C(=O)N3c4ccccc4C[C@H]3C)sc2n1. The standard InChI is InChI=1S/C19H19N3OS/c1-10-9-14-7-5-6-8-15(14)22(10)19(23)17-11(2)16-12(3)20-13(4)21-18(16)24-17/h5-8,10H,9H2,1-4H3/t10-/m1/s1. The summed E-state index contributed by atoms with van der Waals surface area (Å²) in [7, 11) is 0. The zero-order chi connectivity index (χ0) is 17.0. The third-order valence-electron chi connectivity index (χ3n) is 4.70. The van der Waals surface area contributed by atoms with E-state index in [1.807, 2.05) is 43.9 Å². The Bertz CT molecular complexity index is 976. The van der Waals surface area contributed by atoms with Crippen LogP contribution in [0.2, 0.25) is 0 Å². The first-order valence-corrected chi connectivity index (χ1v) is 8.95. The smallest absolute Gasteiger partial charge is 0.268 e. The molecule has 122 valence electrons. The molecule has 3 aromatic rings. The largest absolute Gasteiger partial charge is 0.304 e. The number of thiophene rings is 1. The molecule has 0 unspecified atom stereocenters. The van der Waals surface area contributed by atoms with Crippen LogP contribution in [0, 0.1) is 20.8 Å². The Hall–Kier alpha value is -2.27. The van der Waals surface area contributed by atoms with E-state index >= 15 is 0 Å². The second-order valence-electron chi connectivity index (χ2n) is 6.45. The normalized spacial score (nSPS) is 16.7. The average Bonchev–Trinajstić information content (AvgIpc) is 3.03. The maximum Gasteiger partial charge on any atom is 0.268 e. The highest BCUT2D eigenvalue weighted by atomic mass is 32.1.